The molecule has 0 spiro atoms. The summed E-state index contributed by atoms with van der Waals surface area (Å²) in [5.74, 6) is -2.61. The van der Waals surface area contributed by atoms with Crippen molar-refractivity contribution in [3.8, 4) is 5.75 Å². The van der Waals surface area contributed by atoms with Crippen molar-refractivity contribution in [1.29, 1.82) is 0 Å². The monoisotopic (exact) mass is 483 g/mol. The van der Waals surface area contributed by atoms with Crippen molar-refractivity contribution in [2.24, 2.45) is 13.0 Å². The molecule has 0 amide bonds. The van der Waals surface area contributed by atoms with Crippen LogP contribution in [0.15, 0.2) is 16.6 Å². The summed E-state index contributed by atoms with van der Waals surface area (Å²) in [6, 6.07) is 3.53. The lowest BCUT2D eigenvalue weighted by Crippen LogP contribution is -2.31. The first-order chi connectivity index (χ1) is 14.3. The molecule has 0 unspecified atom stereocenters. The number of aryl methyl sites for hydroxylation is 1. The molecule has 9 heteroatoms. The van der Waals surface area contributed by atoms with Crippen LogP contribution in [0.1, 0.15) is 36.8 Å². The first kappa shape index (κ1) is 23.7. The average Bonchev–Trinajstić information content (AvgIpc) is 2.96. The molecule has 8 nitrogen and oxygen atoms in total. The Balaban J connectivity index is 2.69. The molecule has 2 aromatic rings. The third-order valence-electron chi connectivity index (χ3n) is 4.61. The summed E-state index contributed by atoms with van der Waals surface area (Å²) in [4.78, 5) is 37.8. The number of aromatic nitrogens is 1. The number of hydrogen-bond acceptors (Lipinski definition) is 7. The summed E-state index contributed by atoms with van der Waals surface area (Å²) in [6.45, 7) is 5.45. The van der Waals surface area contributed by atoms with Crippen molar-refractivity contribution >= 4 is 44.7 Å². The first-order valence-electron chi connectivity index (χ1n) is 9.65. The fourth-order valence-corrected chi connectivity index (χ4v) is 3.75. The van der Waals surface area contributed by atoms with Crippen LogP contribution in [-0.2, 0) is 37.3 Å². The Morgan fingerprint density at radius 2 is 1.57 bits per heavy atom. The molecule has 164 valence electrons. The van der Waals surface area contributed by atoms with E-state index in [1.165, 1.54) is 7.11 Å². The minimum Gasteiger partial charge on any atom is -0.496 e. The van der Waals surface area contributed by atoms with Crippen molar-refractivity contribution in [1.82, 2.24) is 4.57 Å². The normalized spacial score (nSPS) is 10.9. The van der Waals surface area contributed by atoms with E-state index in [1.807, 2.05) is 6.07 Å². The fraction of sp³-hybridized carbons (Fsp3) is 0.476. The van der Waals surface area contributed by atoms with E-state index in [9.17, 15) is 14.4 Å². The van der Waals surface area contributed by atoms with Crippen LogP contribution in [0.25, 0.3) is 10.9 Å². The molecule has 0 saturated heterocycles. The van der Waals surface area contributed by atoms with Crippen LogP contribution in [0.4, 0.5) is 0 Å². The quantitative estimate of drug-likeness (QED) is 0.306. The number of hydrogen-bond donors (Lipinski definition) is 0. The zero-order chi connectivity index (χ0) is 22.4. The van der Waals surface area contributed by atoms with Crippen molar-refractivity contribution in [2.75, 3.05) is 26.9 Å². The number of carbonyl (C=O) groups is 3. The van der Waals surface area contributed by atoms with E-state index in [0.29, 0.717) is 26.8 Å². The summed E-state index contributed by atoms with van der Waals surface area (Å²) in [6.07, 6.45) is -0.0725. The van der Waals surface area contributed by atoms with Crippen molar-refractivity contribution in [3.63, 3.8) is 0 Å². The maximum absolute atomic E-state index is 12.8. The smallest absolute Gasteiger partial charge is 0.340 e. The molecular formula is C21H26BrNO7. The van der Waals surface area contributed by atoms with Crippen LogP contribution in [0.2, 0.25) is 0 Å². The minimum atomic E-state index is -1.20. The SMILES string of the molecule is CCOC(=O)c1c(CC(C(=O)OCC)C(=O)OCC)n(C)c2cc(Br)c(OC)cc12. The first-order valence-corrected chi connectivity index (χ1v) is 10.4. The molecule has 2 rings (SSSR count). The summed E-state index contributed by atoms with van der Waals surface area (Å²) in [5.41, 5.74) is 1.46. The Labute approximate surface area is 183 Å². The van der Waals surface area contributed by atoms with Gasteiger partial charge in [-0.15, -0.1) is 0 Å². The molecule has 0 saturated carbocycles. The summed E-state index contributed by atoms with van der Waals surface area (Å²) < 4.78 is 23.2. The van der Waals surface area contributed by atoms with Crippen molar-refractivity contribution < 1.29 is 33.3 Å². The predicted octanol–water partition coefficient (Wildman–Crippen LogP) is 3.41. The molecule has 0 radical (unpaired) electrons. The van der Waals surface area contributed by atoms with Crippen LogP contribution >= 0.6 is 15.9 Å². The van der Waals surface area contributed by atoms with Gasteiger partial charge in [-0.2, -0.15) is 0 Å². The molecule has 30 heavy (non-hydrogen) atoms. The van der Waals surface area contributed by atoms with Gasteiger partial charge in [0.1, 0.15) is 5.75 Å². The highest BCUT2D eigenvalue weighted by atomic mass is 79.9. The molecule has 0 N–H and O–H groups in total. The largest absolute Gasteiger partial charge is 0.496 e. The van der Waals surface area contributed by atoms with Gasteiger partial charge in [0.15, 0.2) is 5.92 Å². The lowest BCUT2D eigenvalue weighted by atomic mass is 9.99. The van der Waals surface area contributed by atoms with Gasteiger partial charge in [-0.3, -0.25) is 9.59 Å². The minimum absolute atomic E-state index is 0.0725. The van der Waals surface area contributed by atoms with E-state index in [2.05, 4.69) is 15.9 Å². The van der Waals surface area contributed by atoms with E-state index in [-0.39, 0.29) is 31.8 Å². The van der Waals surface area contributed by atoms with E-state index in [4.69, 9.17) is 18.9 Å². The fourth-order valence-electron chi connectivity index (χ4n) is 3.26. The van der Waals surface area contributed by atoms with Crippen LogP contribution in [0.3, 0.4) is 0 Å². The number of ether oxygens (including phenoxy) is 4. The Morgan fingerprint density at radius 3 is 2.07 bits per heavy atom. The van der Waals surface area contributed by atoms with Gasteiger partial charge in [-0.1, -0.05) is 0 Å². The van der Waals surface area contributed by atoms with Gasteiger partial charge in [-0.25, -0.2) is 4.79 Å². The molecule has 0 bridgehead atoms. The third kappa shape index (κ3) is 4.77. The van der Waals surface area contributed by atoms with Gasteiger partial charge in [0, 0.05) is 24.5 Å². The van der Waals surface area contributed by atoms with Gasteiger partial charge in [0.25, 0.3) is 0 Å². The molecule has 0 aliphatic carbocycles. The molecule has 0 fully saturated rings. The second-order valence-corrected chi connectivity index (χ2v) is 7.22. The Kier molecular flexibility index (Phi) is 8.28. The summed E-state index contributed by atoms with van der Waals surface area (Å²) >= 11 is 3.45. The number of carbonyl (C=O) groups excluding carboxylic acids is 3. The molecule has 1 aromatic carbocycles. The van der Waals surface area contributed by atoms with Crippen LogP contribution < -0.4 is 4.74 Å². The van der Waals surface area contributed by atoms with Crippen molar-refractivity contribution in [3.05, 3.63) is 27.9 Å². The number of benzene rings is 1. The number of methoxy groups -OCH3 is 1. The second-order valence-electron chi connectivity index (χ2n) is 6.37. The zero-order valence-electron chi connectivity index (χ0n) is 17.7. The number of fused-ring (bicyclic) bond motifs is 1. The lowest BCUT2D eigenvalue weighted by molar-refractivity contribution is -0.161. The molecule has 0 aliphatic rings. The van der Waals surface area contributed by atoms with E-state index < -0.39 is 23.8 Å². The van der Waals surface area contributed by atoms with Gasteiger partial charge in [0.2, 0.25) is 0 Å². The maximum Gasteiger partial charge on any atom is 0.340 e. The van der Waals surface area contributed by atoms with Crippen LogP contribution in [0.5, 0.6) is 5.75 Å². The Hall–Kier alpha value is -2.55. The Bertz CT molecular complexity index is 933. The van der Waals surface area contributed by atoms with E-state index in [1.54, 1.807) is 38.5 Å². The van der Waals surface area contributed by atoms with Crippen LogP contribution in [-0.4, -0.2) is 49.4 Å². The molecule has 0 aliphatic heterocycles. The number of rotatable bonds is 9. The highest BCUT2D eigenvalue weighted by molar-refractivity contribution is 9.10. The predicted molar refractivity (Wildman–Crippen MR) is 114 cm³/mol. The number of nitrogens with zero attached hydrogens (tertiary/aromatic N) is 1. The van der Waals surface area contributed by atoms with E-state index in [0.717, 1.165) is 0 Å². The average molecular weight is 484 g/mol. The molecule has 0 atom stereocenters. The maximum atomic E-state index is 12.8. The molecule has 1 heterocycles. The van der Waals surface area contributed by atoms with Crippen molar-refractivity contribution in [2.45, 2.75) is 27.2 Å². The lowest BCUT2D eigenvalue weighted by Gasteiger charge is -2.16. The standard InChI is InChI=1S/C21H26BrNO7/c1-6-28-19(24)13(20(25)29-7-2)9-16-18(21(26)30-8-3)12-10-17(27-5)14(22)11-15(12)23(16)4/h10-11,13H,6-9H2,1-5H3. The summed E-state index contributed by atoms with van der Waals surface area (Å²) in [7, 11) is 3.28. The second kappa shape index (κ2) is 10.5. The topological polar surface area (TPSA) is 93.1 Å². The zero-order valence-corrected chi connectivity index (χ0v) is 19.3. The number of halogens is 1. The highest BCUT2D eigenvalue weighted by Crippen LogP contribution is 2.36. The van der Waals surface area contributed by atoms with Gasteiger partial charge < -0.3 is 23.5 Å². The van der Waals surface area contributed by atoms with Gasteiger partial charge in [-0.05, 0) is 48.8 Å². The van der Waals surface area contributed by atoms with Gasteiger partial charge >= 0.3 is 17.9 Å². The van der Waals surface area contributed by atoms with Gasteiger partial charge in [0.05, 0.1) is 42.5 Å². The highest BCUT2D eigenvalue weighted by Gasteiger charge is 2.34. The molecular weight excluding hydrogens is 458 g/mol. The summed E-state index contributed by atoms with van der Waals surface area (Å²) in [5, 5.41) is 0.595. The molecule has 1 aromatic heterocycles. The third-order valence-corrected chi connectivity index (χ3v) is 5.23. The Morgan fingerprint density at radius 1 is 1.00 bits per heavy atom. The number of esters is 3. The van der Waals surface area contributed by atoms with E-state index >= 15 is 0 Å². The van der Waals surface area contributed by atoms with Crippen LogP contribution in [0, 0.1) is 5.92 Å².